The largest absolute Gasteiger partial charge is 0.387 e. The van der Waals surface area contributed by atoms with E-state index >= 15 is 0 Å². The minimum atomic E-state index is -1.74. The lowest BCUT2D eigenvalue weighted by atomic mass is 9.51. The summed E-state index contributed by atoms with van der Waals surface area (Å²) in [5, 5.41) is 55.3. The van der Waals surface area contributed by atoms with Gasteiger partial charge in [0.2, 0.25) is 0 Å². The van der Waals surface area contributed by atoms with Gasteiger partial charge in [0.25, 0.3) is 0 Å². The van der Waals surface area contributed by atoms with Gasteiger partial charge in [0.05, 0.1) is 17.6 Å². The molecule has 6 unspecified atom stereocenters. The maximum absolute atomic E-state index is 12.0. The molecule has 13 atom stereocenters. The van der Waals surface area contributed by atoms with Crippen LogP contribution in [-0.2, 0) is 18.9 Å². The lowest BCUT2D eigenvalue weighted by Gasteiger charge is -2.49. The fourth-order valence-corrected chi connectivity index (χ4v) is 8.55. The van der Waals surface area contributed by atoms with Crippen LogP contribution < -0.4 is 0 Å². The first-order chi connectivity index (χ1) is 13.4. The smallest absolute Gasteiger partial charge is 0.188 e. The zero-order valence-electron chi connectivity index (χ0n) is 17.0. The predicted molar refractivity (Wildman–Crippen MR) is 93.6 cm³/mol. The molecule has 4 aliphatic heterocycles. The monoisotopic (exact) mass is 414 g/mol. The van der Waals surface area contributed by atoms with Gasteiger partial charge >= 0.3 is 0 Å². The van der Waals surface area contributed by atoms with Crippen molar-refractivity contribution < 1.29 is 44.5 Å². The first kappa shape index (κ1) is 19.3. The van der Waals surface area contributed by atoms with E-state index in [0.29, 0.717) is 6.42 Å². The second kappa shape index (κ2) is 5.00. The molecule has 0 aromatic rings. The van der Waals surface area contributed by atoms with Crippen molar-refractivity contribution in [1.82, 2.24) is 0 Å². The summed E-state index contributed by atoms with van der Waals surface area (Å²) < 4.78 is 23.9. The van der Waals surface area contributed by atoms with Gasteiger partial charge < -0.3 is 44.5 Å². The third-order valence-corrected chi connectivity index (χ3v) is 9.42. The zero-order valence-corrected chi connectivity index (χ0v) is 17.0. The highest BCUT2D eigenvalue weighted by atomic mass is 16.8. The van der Waals surface area contributed by atoms with Gasteiger partial charge in [-0.25, -0.2) is 0 Å². The van der Waals surface area contributed by atoms with Crippen LogP contribution in [-0.4, -0.2) is 80.2 Å². The van der Waals surface area contributed by atoms with Crippen molar-refractivity contribution in [1.29, 1.82) is 0 Å². The number of fused-ring (bicyclic) bond motifs is 1. The Bertz CT molecular complexity index is 770. The molecular weight excluding hydrogens is 384 g/mol. The van der Waals surface area contributed by atoms with Crippen LogP contribution in [0.4, 0.5) is 0 Å². The SMILES string of the molecule is C[C@@H]1C(O)OC2CC34C5C[C@@H](C(C)(C)C)C36[C@@H](O[C@H](O)[C@@H]6O)O[C@@]4(C(O)O5)[C@]21O. The zero-order chi connectivity index (χ0) is 20.9. The van der Waals surface area contributed by atoms with Crippen LogP contribution in [0.25, 0.3) is 0 Å². The Morgan fingerprint density at radius 1 is 0.931 bits per heavy atom. The van der Waals surface area contributed by atoms with Crippen LogP contribution in [0.15, 0.2) is 0 Å². The predicted octanol–water partition coefficient (Wildman–Crippen LogP) is -0.965. The molecule has 0 amide bonds. The molecule has 4 saturated heterocycles. The summed E-state index contributed by atoms with van der Waals surface area (Å²) in [6.45, 7) is 7.83. The molecule has 0 radical (unpaired) electrons. The summed E-state index contributed by atoms with van der Waals surface area (Å²) in [6, 6.07) is 0. The summed E-state index contributed by atoms with van der Waals surface area (Å²) in [4.78, 5) is 0. The van der Waals surface area contributed by atoms with Crippen LogP contribution in [0.2, 0.25) is 0 Å². The molecular formula is C20H30O9. The van der Waals surface area contributed by atoms with Gasteiger partial charge in [0.15, 0.2) is 30.8 Å². The molecule has 6 fully saturated rings. The molecule has 29 heavy (non-hydrogen) atoms. The minimum absolute atomic E-state index is 0.172. The molecule has 0 aromatic carbocycles. The Morgan fingerprint density at radius 2 is 1.62 bits per heavy atom. The fraction of sp³-hybridized carbons (Fsp3) is 1.00. The van der Waals surface area contributed by atoms with Gasteiger partial charge in [-0.3, -0.25) is 0 Å². The topological polar surface area (TPSA) is 138 Å². The molecule has 6 aliphatic rings. The van der Waals surface area contributed by atoms with Crippen molar-refractivity contribution in [3.8, 4) is 0 Å². The van der Waals surface area contributed by atoms with Crippen molar-refractivity contribution in [3.05, 3.63) is 0 Å². The highest BCUT2D eigenvalue weighted by molar-refractivity contribution is 5.42. The Hall–Kier alpha value is -0.360. The summed E-state index contributed by atoms with van der Waals surface area (Å²) in [5.41, 5.74) is -5.81. The molecule has 9 heteroatoms. The molecule has 0 aromatic heterocycles. The van der Waals surface area contributed by atoms with E-state index < -0.39 is 71.4 Å². The maximum atomic E-state index is 12.0. The second-order valence-corrected chi connectivity index (χ2v) is 11.0. The summed E-state index contributed by atoms with van der Waals surface area (Å²) in [5.74, 6) is -0.926. The standard InChI is InChI=1S/C20H30O9/c1-7-12(22)26-10-6-17-9-5-8(16(2,3)4)18(17)11(21)13(23)28-15(18)29-20(17,14(24)27-9)19(7,10)25/h7-15,21-25H,5-6H2,1-4H3/t7-,8+,9?,10?,11+,12?,13+,14?,15+,17?,18?,19-,20-/m1/s1. The van der Waals surface area contributed by atoms with Gasteiger partial charge in [-0.1, -0.05) is 27.7 Å². The van der Waals surface area contributed by atoms with E-state index in [1.54, 1.807) is 6.92 Å². The Labute approximate surface area is 168 Å². The molecule has 5 N–H and O–H groups in total. The van der Waals surface area contributed by atoms with Gasteiger partial charge in [0.1, 0.15) is 11.7 Å². The fourth-order valence-electron chi connectivity index (χ4n) is 8.55. The summed E-state index contributed by atoms with van der Waals surface area (Å²) in [6.07, 6.45) is -6.98. The minimum Gasteiger partial charge on any atom is -0.387 e. The van der Waals surface area contributed by atoms with E-state index in [9.17, 15) is 25.5 Å². The van der Waals surface area contributed by atoms with E-state index in [2.05, 4.69) is 20.8 Å². The third kappa shape index (κ3) is 1.54. The summed E-state index contributed by atoms with van der Waals surface area (Å²) in [7, 11) is 0. The van der Waals surface area contributed by atoms with Gasteiger partial charge in [-0.15, -0.1) is 0 Å². The van der Waals surface area contributed by atoms with Crippen molar-refractivity contribution in [2.45, 2.75) is 95.2 Å². The van der Waals surface area contributed by atoms with Gasteiger partial charge in [-0.05, 0) is 24.2 Å². The number of hydrogen-bond donors (Lipinski definition) is 5. The average molecular weight is 414 g/mol. The number of ether oxygens (including phenoxy) is 4. The lowest BCUT2D eigenvalue weighted by molar-refractivity contribution is -0.310. The Balaban J connectivity index is 1.65. The molecule has 2 aliphatic carbocycles. The number of aliphatic hydroxyl groups excluding tert-OH is 4. The van der Waals surface area contributed by atoms with Crippen molar-refractivity contribution >= 4 is 0 Å². The van der Waals surface area contributed by atoms with E-state index in [4.69, 9.17) is 18.9 Å². The second-order valence-electron chi connectivity index (χ2n) is 11.0. The lowest BCUT2D eigenvalue weighted by Crippen LogP contribution is -2.67. The van der Waals surface area contributed by atoms with E-state index in [-0.39, 0.29) is 17.8 Å². The van der Waals surface area contributed by atoms with Crippen LogP contribution in [0.5, 0.6) is 0 Å². The quantitative estimate of drug-likeness (QED) is 0.339. The van der Waals surface area contributed by atoms with Gasteiger partial charge in [0, 0.05) is 11.3 Å². The number of aliphatic hydroxyl groups is 5. The highest BCUT2D eigenvalue weighted by Gasteiger charge is 2.99. The first-order valence-corrected chi connectivity index (χ1v) is 10.5. The van der Waals surface area contributed by atoms with E-state index in [0.717, 1.165) is 0 Å². The average Bonchev–Trinajstić information content (AvgIpc) is 3.31. The maximum Gasteiger partial charge on any atom is 0.188 e. The van der Waals surface area contributed by atoms with Crippen LogP contribution in [0, 0.1) is 28.1 Å². The van der Waals surface area contributed by atoms with Crippen LogP contribution in [0.1, 0.15) is 40.5 Å². The summed E-state index contributed by atoms with van der Waals surface area (Å²) >= 11 is 0. The number of rotatable bonds is 0. The van der Waals surface area contributed by atoms with Crippen LogP contribution in [0.3, 0.4) is 0 Å². The third-order valence-electron chi connectivity index (χ3n) is 9.42. The Morgan fingerprint density at radius 3 is 2.28 bits per heavy atom. The van der Waals surface area contributed by atoms with E-state index in [1.807, 2.05) is 0 Å². The highest BCUT2D eigenvalue weighted by Crippen LogP contribution is 2.85. The van der Waals surface area contributed by atoms with Crippen molar-refractivity contribution in [3.63, 3.8) is 0 Å². The van der Waals surface area contributed by atoms with Crippen molar-refractivity contribution in [2.75, 3.05) is 0 Å². The molecule has 164 valence electrons. The number of hydrogen-bond acceptors (Lipinski definition) is 9. The molecule has 6 rings (SSSR count). The van der Waals surface area contributed by atoms with Gasteiger partial charge in [-0.2, -0.15) is 0 Å². The normalized spacial score (nSPS) is 67.6. The molecule has 9 nitrogen and oxygen atoms in total. The Kier molecular flexibility index (Phi) is 3.33. The molecule has 4 heterocycles. The molecule has 2 spiro atoms. The van der Waals surface area contributed by atoms with E-state index in [1.165, 1.54) is 0 Å². The van der Waals surface area contributed by atoms with Crippen molar-refractivity contribution in [2.24, 2.45) is 28.1 Å². The molecule has 0 bridgehead atoms. The van der Waals surface area contributed by atoms with Crippen LogP contribution >= 0.6 is 0 Å². The first-order valence-electron chi connectivity index (χ1n) is 10.5. The molecule has 2 saturated carbocycles.